The summed E-state index contributed by atoms with van der Waals surface area (Å²) >= 11 is 6.08. The number of carbonyl (C=O) groups is 1. The molecule has 0 heterocycles. The Morgan fingerprint density at radius 2 is 1.21 bits per heavy atom. The molecule has 9 heteroatoms. The van der Waals surface area contributed by atoms with Gasteiger partial charge in [0.15, 0.2) is 28.7 Å². The first-order valence-corrected chi connectivity index (χ1v) is 10.5. The lowest BCUT2D eigenvalue weighted by Gasteiger charge is -2.13. The zero-order valence-corrected chi connectivity index (χ0v) is 20.0. The Hall–Kier alpha value is -3.62. The Bertz CT molecular complexity index is 1130. The topological polar surface area (TPSA) is 81.7 Å². The van der Waals surface area contributed by atoms with Crippen LogP contribution in [0.5, 0.6) is 28.7 Å². The minimum absolute atomic E-state index is 0.0115. The molecule has 0 atom stereocenters. The zero-order chi connectivity index (χ0) is 24.5. The van der Waals surface area contributed by atoms with Gasteiger partial charge in [-0.05, 0) is 53.6 Å². The predicted molar refractivity (Wildman–Crippen MR) is 125 cm³/mol. The van der Waals surface area contributed by atoms with E-state index >= 15 is 0 Å². The first-order chi connectivity index (χ1) is 16.5. The van der Waals surface area contributed by atoms with Gasteiger partial charge in [-0.15, -0.1) is 0 Å². The summed E-state index contributed by atoms with van der Waals surface area (Å²) in [5.41, 5.74) is 1.63. The van der Waals surface area contributed by atoms with Crippen molar-refractivity contribution in [2.75, 3.05) is 28.4 Å². The van der Waals surface area contributed by atoms with E-state index in [0.717, 1.165) is 11.1 Å². The van der Waals surface area contributed by atoms with Crippen LogP contribution in [0.1, 0.15) is 21.5 Å². The fourth-order valence-electron chi connectivity index (χ4n) is 3.06. The first kappa shape index (κ1) is 25.0. The van der Waals surface area contributed by atoms with Gasteiger partial charge in [0.1, 0.15) is 18.8 Å². The van der Waals surface area contributed by atoms with E-state index < -0.39 is 5.97 Å². The molecule has 0 amide bonds. The van der Waals surface area contributed by atoms with Crippen molar-refractivity contribution in [2.24, 2.45) is 0 Å². The fraction of sp³-hybridized carbons (Fsp3) is 0.240. The molecule has 8 nitrogen and oxygen atoms in total. The molecule has 0 fully saturated rings. The minimum atomic E-state index is -0.623. The van der Waals surface area contributed by atoms with Gasteiger partial charge in [0.2, 0.25) is 0 Å². The average molecular weight is 489 g/mol. The number of esters is 1. The maximum atomic E-state index is 12.8. The van der Waals surface area contributed by atoms with Gasteiger partial charge < -0.3 is 28.6 Å². The lowest BCUT2D eigenvalue weighted by atomic mass is 10.2. The lowest BCUT2D eigenvalue weighted by molar-refractivity contribution is -0.217. The summed E-state index contributed by atoms with van der Waals surface area (Å²) < 4.78 is 26.4. The predicted octanol–water partition coefficient (Wildman–Crippen LogP) is 5.24. The van der Waals surface area contributed by atoms with Crippen molar-refractivity contribution in [3.05, 3.63) is 76.3 Å². The maximum Gasteiger partial charge on any atom is 0.342 e. The Labute approximate surface area is 202 Å². The fourth-order valence-corrected chi connectivity index (χ4v) is 3.23. The van der Waals surface area contributed by atoms with Crippen molar-refractivity contribution >= 4 is 17.6 Å². The number of hydrogen-bond acceptors (Lipinski definition) is 8. The summed E-state index contributed by atoms with van der Waals surface area (Å²) in [6.45, 7) is 0.112. The third-order valence-electron chi connectivity index (χ3n) is 4.80. The van der Waals surface area contributed by atoms with E-state index in [-0.39, 0.29) is 24.5 Å². The molecule has 0 saturated heterocycles. The summed E-state index contributed by atoms with van der Waals surface area (Å²) in [5, 5.41) is 0.352. The Morgan fingerprint density at radius 1 is 0.676 bits per heavy atom. The third kappa shape index (κ3) is 6.24. The summed E-state index contributed by atoms with van der Waals surface area (Å²) in [6.07, 6.45) is 0. The molecule has 0 aliphatic heterocycles. The second-order valence-electron chi connectivity index (χ2n) is 6.94. The molecular formula is C25H25ClO8. The van der Waals surface area contributed by atoms with E-state index in [0.29, 0.717) is 28.0 Å². The number of ether oxygens (including phenoxy) is 5. The molecule has 0 unspecified atom stereocenters. The molecular weight excluding hydrogens is 464 g/mol. The van der Waals surface area contributed by atoms with Crippen molar-refractivity contribution in [3.8, 4) is 28.7 Å². The van der Waals surface area contributed by atoms with E-state index in [1.165, 1.54) is 19.2 Å². The van der Waals surface area contributed by atoms with Gasteiger partial charge in [0, 0.05) is 5.02 Å². The number of hydrogen-bond donors (Lipinski definition) is 0. The van der Waals surface area contributed by atoms with E-state index in [4.69, 9.17) is 45.1 Å². The van der Waals surface area contributed by atoms with Crippen LogP contribution in [0.2, 0.25) is 5.02 Å². The molecule has 34 heavy (non-hydrogen) atoms. The van der Waals surface area contributed by atoms with Gasteiger partial charge in [-0.25, -0.2) is 4.79 Å². The van der Waals surface area contributed by atoms with Crippen molar-refractivity contribution in [3.63, 3.8) is 0 Å². The van der Waals surface area contributed by atoms with Crippen LogP contribution in [0.3, 0.4) is 0 Å². The van der Waals surface area contributed by atoms with Gasteiger partial charge >= 0.3 is 5.97 Å². The molecule has 0 bridgehead atoms. The highest BCUT2D eigenvalue weighted by Crippen LogP contribution is 2.30. The van der Waals surface area contributed by atoms with Gasteiger partial charge in [-0.1, -0.05) is 23.7 Å². The second kappa shape index (κ2) is 12.0. The molecule has 3 aromatic carbocycles. The highest BCUT2D eigenvalue weighted by molar-refractivity contribution is 6.31. The molecule has 3 rings (SSSR count). The van der Waals surface area contributed by atoms with Crippen molar-refractivity contribution in [2.45, 2.75) is 13.2 Å². The van der Waals surface area contributed by atoms with Crippen LogP contribution in [-0.2, 0) is 22.8 Å². The van der Waals surface area contributed by atoms with Crippen molar-refractivity contribution in [1.82, 2.24) is 0 Å². The number of methoxy groups -OCH3 is 4. The molecule has 0 radical (unpaired) electrons. The minimum Gasteiger partial charge on any atom is -0.493 e. The summed E-state index contributed by atoms with van der Waals surface area (Å²) in [5.74, 6) is 1.82. The van der Waals surface area contributed by atoms with Crippen LogP contribution in [0, 0.1) is 0 Å². The van der Waals surface area contributed by atoms with Crippen LogP contribution in [0.4, 0.5) is 0 Å². The molecule has 0 aliphatic rings. The Kier molecular flexibility index (Phi) is 8.84. The summed E-state index contributed by atoms with van der Waals surface area (Å²) in [4.78, 5) is 23.5. The van der Waals surface area contributed by atoms with Crippen LogP contribution in [0.25, 0.3) is 0 Å². The highest BCUT2D eigenvalue weighted by Gasteiger charge is 2.17. The van der Waals surface area contributed by atoms with Gasteiger partial charge in [0.05, 0.1) is 28.4 Å². The monoisotopic (exact) mass is 488 g/mol. The quantitative estimate of drug-likeness (QED) is 0.206. The Balaban J connectivity index is 1.65. The van der Waals surface area contributed by atoms with E-state index in [1.54, 1.807) is 57.7 Å². The maximum absolute atomic E-state index is 12.8. The van der Waals surface area contributed by atoms with Gasteiger partial charge in [-0.3, -0.25) is 0 Å². The van der Waals surface area contributed by atoms with E-state index in [1.807, 2.05) is 6.07 Å². The first-order valence-electron chi connectivity index (χ1n) is 10.2. The smallest absolute Gasteiger partial charge is 0.342 e. The molecule has 0 spiro atoms. The lowest BCUT2D eigenvalue weighted by Crippen LogP contribution is -2.09. The van der Waals surface area contributed by atoms with Crippen molar-refractivity contribution in [1.29, 1.82) is 0 Å². The van der Waals surface area contributed by atoms with Crippen LogP contribution in [-0.4, -0.2) is 34.4 Å². The van der Waals surface area contributed by atoms with Crippen LogP contribution in [0.15, 0.2) is 54.6 Å². The summed E-state index contributed by atoms with van der Waals surface area (Å²) in [6, 6.07) is 15.1. The highest BCUT2D eigenvalue weighted by atomic mass is 35.5. The van der Waals surface area contributed by atoms with Gasteiger partial charge in [-0.2, -0.15) is 4.89 Å². The number of carbonyl (C=O) groups excluding carboxylic acids is 1. The molecule has 3 aromatic rings. The van der Waals surface area contributed by atoms with Crippen LogP contribution >= 0.6 is 11.6 Å². The molecule has 180 valence electrons. The third-order valence-corrected chi connectivity index (χ3v) is 5.04. The number of benzene rings is 3. The largest absolute Gasteiger partial charge is 0.493 e. The molecule has 0 saturated carbocycles. The van der Waals surface area contributed by atoms with Crippen LogP contribution < -0.4 is 23.8 Å². The average Bonchev–Trinajstić information content (AvgIpc) is 2.87. The number of halogens is 1. The Morgan fingerprint density at radius 3 is 1.76 bits per heavy atom. The SMILES string of the molecule is COc1ccc(COOc2ccc(Cl)cc2C(=O)OCc2ccc(OC)c(OC)c2)cc1OC. The number of rotatable bonds is 11. The molecule has 0 N–H and O–H groups in total. The van der Waals surface area contributed by atoms with E-state index in [2.05, 4.69) is 0 Å². The van der Waals surface area contributed by atoms with Crippen molar-refractivity contribution < 1.29 is 38.3 Å². The van der Waals surface area contributed by atoms with Gasteiger partial charge in [0.25, 0.3) is 0 Å². The second-order valence-corrected chi connectivity index (χ2v) is 7.38. The summed E-state index contributed by atoms with van der Waals surface area (Å²) in [7, 11) is 6.19. The normalized spacial score (nSPS) is 10.4. The van der Waals surface area contributed by atoms with E-state index in [9.17, 15) is 4.79 Å². The standard InChI is InChI=1S/C25H25ClO8/c1-28-21-8-5-16(11-23(21)30-3)14-32-25(27)19-13-18(26)7-10-20(19)34-33-15-17-6-9-22(29-2)24(12-17)31-4/h5-13H,14-15H2,1-4H3. The zero-order valence-electron chi connectivity index (χ0n) is 19.3. The molecule has 0 aromatic heterocycles. The molecule has 0 aliphatic carbocycles.